The van der Waals surface area contributed by atoms with Crippen molar-refractivity contribution < 1.29 is 8.42 Å². The molecule has 1 aromatic carbocycles. The lowest BCUT2D eigenvalue weighted by atomic mass is 10.2. The van der Waals surface area contributed by atoms with E-state index < -0.39 is 10.0 Å². The summed E-state index contributed by atoms with van der Waals surface area (Å²) < 4.78 is 28.2. The van der Waals surface area contributed by atoms with Crippen molar-refractivity contribution in [2.45, 2.75) is 17.9 Å². The van der Waals surface area contributed by atoms with E-state index in [1.54, 1.807) is 31.3 Å². The van der Waals surface area contributed by atoms with E-state index in [-0.39, 0.29) is 11.4 Å². The van der Waals surface area contributed by atoms with Gasteiger partial charge in [0, 0.05) is 7.05 Å². The van der Waals surface area contributed by atoms with E-state index in [1.807, 2.05) is 0 Å². The highest BCUT2D eigenvalue weighted by Gasteiger charge is 2.14. The van der Waals surface area contributed by atoms with Gasteiger partial charge in [-0.3, -0.25) is 4.68 Å². The van der Waals surface area contributed by atoms with E-state index in [0.29, 0.717) is 12.4 Å². The lowest BCUT2D eigenvalue weighted by molar-refractivity contribution is 0.578. The van der Waals surface area contributed by atoms with Crippen molar-refractivity contribution in [2.75, 3.05) is 6.54 Å². The van der Waals surface area contributed by atoms with Crippen molar-refractivity contribution in [3.63, 3.8) is 0 Å². The Kier molecular flexibility index (Phi) is 4.48. The van der Waals surface area contributed by atoms with Crippen LogP contribution >= 0.6 is 0 Å². The summed E-state index contributed by atoms with van der Waals surface area (Å²) in [6.07, 6.45) is 2.25. The molecule has 1 aromatic heterocycles. The van der Waals surface area contributed by atoms with Gasteiger partial charge in [-0.15, -0.1) is 0 Å². The Morgan fingerprint density at radius 1 is 1.30 bits per heavy atom. The third kappa shape index (κ3) is 3.62. The Balaban J connectivity index is 2.05. The predicted molar refractivity (Wildman–Crippen MR) is 74.2 cm³/mol. The smallest absolute Gasteiger partial charge is 0.240 e. The zero-order valence-electron chi connectivity index (χ0n) is 11.2. The lowest BCUT2D eigenvalue weighted by Gasteiger charge is -2.06. The van der Waals surface area contributed by atoms with Gasteiger partial charge >= 0.3 is 0 Å². The highest BCUT2D eigenvalue weighted by atomic mass is 32.2. The molecule has 8 heteroatoms. The minimum absolute atomic E-state index is 0.0632. The Hall–Kier alpha value is -1.77. The average molecular weight is 295 g/mol. The summed E-state index contributed by atoms with van der Waals surface area (Å²) in [5.41, 5.74) is 6.46. The molecule has 0 unspecified atom stereocenters. The van der Waals surface area contributed by atoms with Gasteiger partial charge in [0.25, 0.3) is 0 Å². The van der Waals surface area contributed by atoms with E-state index in [2.05, 4.69) is 14.8 Å². The maximum atomic E-state index is 12.1. The molecule has 2 rings (SSSR count). The summed E-state index contributed by atoms with van der Waals surface area (Å²) in [5.74, 6) is 0.427. The van der Waals surface area contributed by atoms with Gasteiger partial charge in [-0.05, 0) is 30.7 Å². The van der Waals surface area contributed by atoms with E-state index in [4.69, 9.17) is 5.73 Å². The molecule has 0 aliphatic rings. The largest absolute Gasteiger partial charge is 0.330 e. The number of hydrogen-bond donors (Lipinski definition) is 2. The predicted octanol–water partition coefficient (Wildman–Crippen LogP) is -0.205. The Morgan fingerprint density at radius 3 is 2.55 bits per heavy atom. The Bertz CT molecular complexity index is 663. The third-order valence-corrected chi connectivity index (χ3v) is 4.15. The minimum atomic E-state index is -3.55. The fourth-order valence-electron chi connectivity index (χ4n) is 1.71. The first-order chi connectivity index (χ1) is 9.51. The van der Waals surface area contributed by atoms with Crippen LogP contribution in [0.25, 0.3) is 0 Å². The number of nitrogens with two attached hydrogens (primary N) is 1. The number of sulfonamides is 1. The standard InChI is InChI=1S/C12H17N5O2S/c1-17-9-14-12(16-17)8-15-20(18,19)11-4-2-10(3-5-11)6-7-13/h2-5,9,15H,6-8,13H2,1H3. The van der Waals surface area contributed by atoms with E-state index in [9.17, 15) is 8.42 Å². The van der Waals surface area contributed by atoms with E-state index in [1.165, 1.54) is 11.0 Å². The number of nitrogens with zero attached hydrogens (tertiary/aromatic N) is 3. The molecule has 0 atom stereocenters. The molecule has 1 heterocycles. The Labute approximate surface area is 117 Å². The molecule has 0 saturated carbocycles. The summed E-state index contributed by atoms with van der Waals surface area (Å²) in [4.78, 5) is 4.18. The number of hydrogen-bond acceptors (Lipinski definition) is 5. The highest BCUT2D eigenvalue weighted by Crippen LogP contribution is 2.11. The summed E-state index contributed by atoms with van der Waals surface area (Å²) in [6, 6.07) is 6.67. The van der Waals surface area contributed by atoms with Crippen LogP contribution in [0.15, 0.2) is 35.5 Å². The molecule has 0 saturated heterocycles. The second-order valence-corrected chi connectivity index (χ2v) is 6.11. The first-order valence-electron chi connectivity index (χ1n) is 6.14. The minimum Gasteiger partial charge on any atom is -0.330 e. The van der Waals surface area contributed by atoms with Crippen molar-refractivity contribution in [3.8, 4) is 0 Å². The van der Waals surface area contributed by atoms with Crippen LogP contribution in [-0.2, 0) is 30.0 Å². The monoisotopic (exact) mass is 295 g/mol. The van der Waals surface area contributed by atoms with Crippen LogP contribution in [-0.4, -0.2) is 29.7 Å². The number of rotatable bonds is 6. The molecular formula is C12H17N5O2S. The van der Waals surface area contributed by atoms with Crippen molar-refractivity contribution in [1.29, 1.82) is 0 Å². The third-order valence-electron chi connectivity index (χ3n) is 2.73. The molecule has 0 fully saturated rings. The van der Waals surface area contributed by atoms with E-state index in [0.717, 1.165) is 12.0 Å². The molecule has 0 aliphatic heterocycles. The fourth-order valence-corrected chi connectivity index (χ4v) is 2.69. The zero-order chi connectivity index (χ0) is 14.6. The summed E-state index contributed by atoms with van der Waals surface area (Å²) >= 11 is 0. The normalized spacial score (nSPS) is 11.7. The number of aromatic nitrogens is 3. The first kappa shape index (κ1) is 14.6. The lowest BCUT2D eigenvalue weighted by Crippen LogP contribution is -2.24. The van der Waals surface area contributed by atoms with Crippen LogP contribution in [0.1, 0.15) is 11.4 Å². The van der Waals surface area contributed by atoms with Crippen LogP contribution in [0.5, 0.6) is 0 Å². The quantitative estimate of drug-likeness (QED) is 0.768. The molecule has 3 N–H and O–H groups in total. The van der Waals surface area contributed by atoms with Gasteiger partial charge < -0.3 is 5.73 Å². The molecule has 0 aliphatic carbocycles. The van der Waals surface area contributed by atoms with Gasteiger partial charge in [0.2, 0.25) is 10.0 Å². The SMILES string of the molecule is Cn1cnc(CNS(=O)(=O)c2ccc(CCN)cc2)n1. The fraction of sp³-hybridized carbons (Fsp3) is 0.333. The van der Waals surface area contributed by atoms with Crippen molar-refractivity contribution >= 4 is 10.0 Å². The molecular weight excluding hydrogens is 278 g/mol. The number of nitrogens with one attached hydrogen (secondary N) is 1. The van der Waals surface area contributed by atoms with Crippen LogP contribution < -0.4 is 10.5 Å². The van der Waals surface area contributed by atoms with Gasteiger partial charge in [-0.2, -0.15) is 5.10 Å². The van der Waals surface area contributed by atoms with E-state index >= 15 is 0 Å². The van der Waals surface area contributed by atoms with Crippen LogP contribution in [0, 0.1) is 0 Å². The molecule has 0 radical (unpaired) electrons. The van der Waals surface area contributed by atoms with Crippen molar-refractivity contribution in [2.24, 2.45) is 12.8 Å². The van der Waals surface area contributed by atoms with Crippen LogP contribution in [0.3, 0.4) is 0 Å². The Morgan fingerprint density at radius 2 is 2.00 bits per heavy atom. The first-order valence-corrected chi connectivity index (χ1v) is 7.63. The van der Waals surface area contributed by atoms with Gasteiger partial charge in [0.05, 0.1) is 11.4 Å². The number of aryl methyl sites for hydroxylation is 1. The molecule has 2 aromatic rings. The van der Waals surface area contributed by atoms with Gasteiger partial charge in [0.15, 0.2) is 5.82 Å². The summed E-state index contributed by atoms with van der Waals surface area (Å²) in [7, 11) is -1.83. The van der Waals surface area contributed by atoms with Crippen LogP contribution in [0.2, 0.25) is 0 Å². The van der Waals surface area contributed by atoms with Gasteiger partial charge in [-0.1, -0.05) is 12.1 Å². The summed E-state index contributed by atoms with van der Waals surface area (Å²) in [5, 5.41) is 4.01. The molecule has 0 bridgehead atoms. The molecule has 0 amide bonds. The van der Waals surface area contributed by atoms with Crippen LogP contribution in [0.4, 0.5) is 0 Å². The highest BCUT2D eigenvalue weighted by molar-refractivity contribution is 7.89. The van der Waals surface area contributed by atoms with Gasteiger partial charge in [-0.25, -0.2) is 18.1 Å². The topological polar surface area (TPSA) is 103 Å². The zero-order valence-corrected chi connectivity index (χ0v) is 12.0. The second kappa shape index (κ2) is 6.12. The molecule has 7 nitrogen and oxygen atoms in total. The maximum Gasteiger partial charge on any atom is 0.240 e. The molecule has 108 valence electrons. The van der Waals surface area contributed by atoms with Crippen molar-refractivity contribution in [3.05, 3.63) is 42.0 Å². The summed E-state index contributed by atoms with van der Waals surface area (Å²) in [6.45, 7) is 0.601. The average Bonchev–Trinajstić information content (AvgIpc) is 2.84. The molecule has 20 heavy (non-hydrogen) atoms. The molecule has 0 spiro atoms. The number of benzene rings is 1. The van der Waals surface area contributed by atoms with Crippen molar-refractivity contribution in [1.82, 2.24) is 19.5 Å². The maximum absolute atomic E-state index is 12.1. The van der Waals surface area contributed by atoms with Gasteiger partial charge in [0.1, 0.15) is 6.33 Å². The second-order valence-electron chi connectivity index (χ2n) is 4.34.